The molecule has 1 rings (SSSR count). The molecule has 0 aliphatic carbocycles. The number of benzene rings is 1. The van der Waals surface area contributed by atoms with Crippen molar-refractivity contribution >= 4 is 23.1 Å². The molecule has 4 nitrogen and oxygen atoms in total. The predicted octanol–water partition coefficient (Wildman–Crippen LogP) is 2.07. The Bertz CT molecular complexity index is 381. The van der Waals surface area contributed by atoms with E-state index in [1.54, 1.807) is 19.2 Å². The molecule has 1 aromatic carbocycles. The van der Waals surface area contributed by atoms with Crippen LogP contribution < -0.4 is 11.1 Å². The minimum absolute atomic E-state index is 0.0261. The summed E-state index contributed by atoms with van der Waals surface area (Å²) in [6.07, 6.45) is 0.131. The summed E-state index contributed by atoms with van der Waals surface area (Å²) in [5, 5.41) is 11.0. The van der Waals surface area contributed by atoms with Gasteiger partial charge in [0, 0.05) is 24.9 Å². The first kappa shape index (κ1) is 12.8. The Kier molecular flexibility index (Phi) is 4.58. The van der Waals surface area contributed by atoms with Crippen LogP contribution in [-0.4, -0.2) is 25.6 Å². The van der Waals surface area contributed by atoms with Crippen LogP contribution in [0.1, 0.15) is 12.5 Å². The lowest BCUT2D eigenvalue weighted by molar-refractivity contribution is 0.129. The number of methoxy groups -OCH3 is 1. The fourth-order valence-corrected chi connectivity index (χ4v) is 1.47. The van der Waals surface area contributed by atoms with Gasteiger partial charge in [-0.1, -0.05) is 11.6 Å². The first-order valence-corrected chi connectivity index (χ1v) is 5.33. The van der Waals surface area contributed by atoms with Crippen molar-refractivity contribution in [2.24, 2.45) is 5.73 Å². The van der Waals surface area contributed by atoms with Gasteiger partial charge in [0.1, 0.15) is 5.84 Å². The van der Waals surface area contributed by atoms with Gasteiger partial charge in [-0.2, -0.15) is 0 Å². The standard InChI is InChI=1S/C11H16ClN3O/c1-7(16-2)6-15-8-3-4-9(11(13)14)10(12)5-8/h3-5,7,15H,6H2,1-2H3,(H3,13,14). The molecule has 1 unspecified atom stereocenters. The number of hydrogen-bond donors (Lipinski definition) is 3. The molecule has 0 radical (unpaired) electrons. The highest BCUT2D eigenvalue weighted by Crippen LogP contribution is 2.20. The highest BCUT2D eigenvalue weighted by atomic mass is 35.5. The Hall–Kier alpha value is -1.26. The van der Waals surface area contributed by atoms with E-state index in [0.717, 1.165) is 5.69 Å². The van der Waals surface area contributed by atoms with Crippen LogP contribution >= 0.6 is 11.6 Å². The number of nitrogen functional groups attached to an aromatic ring is 1. The second kappa shape index (κ2) is 5.72. The van der Waals surface area contributed by atoms with E-state index >= 15 is 0 Å². The van der Waals surface area contributed by atoms with Gasteiger partial charge in [0.2, 0.25) is 0 Å². The number of nitrogens with one attached hydrogen (secondary N) is 2. The van der Waals surface area contributed by atoms with Crippen LogP contribution in [0.2, 0.25) is 5.02 Å². The van der Waals surface area contributed by atoms with Crippen LogP contribution in [0.4, 0.5) is 5.69 Å². The number of anilines is 1. The molecule has 1 atom stereocenters. The maximum atomic E-state index is 7.30. The van der Waals surface area contributed by atoms with Crippen LogP contribution in [0.5, 0.6) is 0 Å². The first-order chi connectivity index (χ1) is 7.54. The van der Waals surface area contributed by atoms with Crippen molar-refractivity contribution in [1.82, 2.24) is 0 Å². The Morgan fingerprint density at radius 1 is 1.62 bits per heavy atom. The van der Waals surface area contributed by atoms with Gasteiger partial charge in [-0.15, -0.1) is 0 Å². The van der Waals surface area contributed by atoms with E-state index in [0.29, 0.717) is 17.1 Å². The summed E-state index contributed by atoms with van der Waals surface area (Å²) in [7, 11) is 1.66. The summed E-state index contributed by atoms with van der Waals surface area (Å²) in [6.45, 7) is 2.67. The SMILES string of the molecule is COC(C)CNc1ccc(C(=N)N)c(Cl)c1. The van der Waals surface area contributed by atoms with Gasteiger partial charge in [-0.25, -0.2) is 0 Å². The molecule has 16 heavy (non-hydrogen) atoms. The smallest absolute Gasteiger partial charge is 0.124 e. The molecule has 88 valence electrons. The Balaban J connectivity index is 2.70. The average Bonchev–Trinajstić information content (AvgIpc) is 2.25. The molecule has 0 amide bonds. The number of hydrogen-bond acceptors (Lipinski definition) is 3. The van der Waals surface area contributed by atoms with Crippen molar-refractivity contribution in [3.63, 3.8) is 0 Å². The zero-order valence-electron chi connectivity index (χ0n) is 9.38. The maximum absolute atomic E-state index is 7.30. The zero-order chi connectivity index (χ0) is 12.1. The molecular weight excluding hydrogens is 226 g/mol. The number of rotatable bonds is 5. The molecule has 0 heterocycles. The molecule has 1 aromatic rings. The summed E-state index contributed by atoms with van der Waals surface area (Å²) >= 11 is 5.98. The predicted molar refractivity (Wildman–Crippen MR) is 67.4 cm³/mol. The maximum Gasteiger partial charge on any atom is 0.124 e. The second-order valence-corrected chi connectivity index (χ2v) is 3.94. The summed E-state index contributed by atoms with van der Waals surface area (Å²) in [5.74, 6) is -0.0261. The third-order valence-corrected chi connectivity index (χ3v) is 2.57. The molecule has 0 saturated heterocycles. The summed E-state index contributed by atoms with van der Waals surface area (Å²) in [5.41, 5.74) is 6.80. The van der Waals surface area contributed by atoms with E-state index in [2.05, 4.69) is 5.32 Å². The molecule has 0 aliphatic heterocycles. The van der Waals surface area contributed by atoms with Gasteiger partial charge in [-0.05, 0) is 25.1 Å². The Morgan fingerprint density at radius 2 is 2.31 bits per heavy atom. The minimum Gasteiger partial charge on any atom is -0.384 e. The van der Waals surface area contributed by atoms with Crippen molar-refractivity contribution in [3.8, 4) is 0 Å². The van der Waals surface area contributed by atoms with Crippen LogP contribution in [-0.2, 0) is 4.74 Å². The molecular formula is C11H16ClN3O. The molecule has 5 heteroatoms. The second-order valence-electron chi connectivity index (χ2n) is 3.54. The Morgan fingerprint density at radius 3 is 2.81 bits per heavy atom. The lowest BCUT2D eigenvalue weighted by Gasteiger charge is -2.12. The molecule has 0 fully saturated rings. The van der Waals surface area contributed by atoms with E-state index in [1.807, 2.05) is 13.0 Å². The number of halogens is 1. The topological polar surface area (TPSA) is 71.1 Å². The summed E-state index contributed by atoms with van der Waals surface area (Å²) in [6, 6.07) is 5.32. The third kappa shape index (κ3) is 3.40. The van der Waals surface area contributed by atoms with E-state index in [4.69, 9.17) is 27.5 Å². The highest BCUT2D eigenvalue weighted by Gasteiger charge is 2.05. The van der Waals surface area contributed by atoms with Gasteiger partial charge >= 0.3 is 0 Å². The van der Waals surface area contributed by atoms with Gasteiger partial charge in [0.25, 0.3) is 0 Å². The van der Waals surface area contributed by atoms with Gasteiger partial charge in [0.05, 0.1) is 11.1 Å². The monoisotopic (exact) mass is 241 g/mol. The summed E-state index contributed by atoms with van der Waals surface area (Å²) < 4.78 is 5.11. The van der Waals surface area contributed by atoms with Gasteiger partial charge in [0.15, 0.2) is 0 Å². The molecule has 4 N–H and O–H groups in total. The molecule has 0 aliphatic rings. The van der Waals surface area contributed by atoms with Crippen molar-refractivity contribution < 1.29 is 4.74 Å². The van der Waals surface area contributed by atoms with Crippen molar-refractivity contribution in [3.05, 3.63) is 28.8 Å². The van der Waals surface area contributed by atoms with Crippen LogP contribution in [0, 0.1) is 5.41 Å². The Labute approximate surface area is 100 Å². The van der Waals surface area contributed by atoms with E-state index in [-0.39, 0.29) is 11.9 Å². The lowest BCUT2D eigenvalue weighted by atomic mass is 10.2. The largest absolute Gasteiger partial charge is 0.384 e. The van der Waals surface area contributed by atoms with Crippen LogP contribution in [0.3, 0.4) is 0 Å². The average molecular weight is 242 g/mol. The molecule has 0 saturated carbocycles. The van der Waals surface area contributed by atoms with Crippen molar-refractivity contribution in [1.29, 1.82) is 5.41 Å². The third-order valence-electron chi connectivity index (χ3n) is 2.26. The fraction of sp³-hybridized carbons (Fsp3) is 0.364. The number of ether oxygens (including phenoxy) is 1. The van der Waals surface area contributed by atoms with Gasteiger partial charge < -0.3 is 15.8 Å². The van der Waals surface area contributed by atoms with Crippen molar-refractivity contribution in [2.75, 3.05) is 19.0 Å². The zero-order valence-corrected chi connectivity index (χ0v) is 10.1. The molecule has 0 spiro atoms. The quantitative estimate of drug-likeness (QED) is 0.546. The number of amidine groups is 1. The highest BCUT2D eigenvalue weighted by molar-refractivity contribution is 6.34. The van der Waals surface area contributed by atoms with E-state index < -0.39 is 0 Å². The lowest BCUT2D eigenvalue weighted by Crippen LogP contribution is -2.18. The van der Waals surface area contributed by atoms with Crippen LogP contribution in [0.25, 0.3) is 0 Å². The van der Waals surface area contributed by atoms with E-state index in [1.165, 1.54) is 0 Å². The van der Waals surface area contributed by atoms with Crippen LogP contribution in [0.15, 0.2) is 18.2 Å². The first-order valence-electron chi connectivity index (χ1n) is 4.95. The molecule has 0 aromatic heterocycles. The summed E-state index contributed by atoms with van der Waals surface area (Å²) in [4.78, 5) is 0. The molecule has 0 bridgehead atoms. The van der Waals surface area contributed by atoms with Gasteiger partial charge in [-0.3, -0.25) is 5.41 Å². The van der Waals surface area contributed by atoms with E-state index in [9.17, 15) is 0 Å². The number of nitrogens with two attached hydrogens (primary N) is 1. The van der Waals surface area contributed by atoms with Crippen molar-refractivity contribution in [2.45, 2.75) is 13.0 Å². The fourth-order valence-electron chi connectivity index (χ4n) is 1.19. The minimum atomic E-state index is -0.0261. The normalized spacial score (nSPS) is 12.2.